The Morgan fingerprint density at radius 1 is 1.29 bits per heavy atom. The number of benzene rings is 1. The smallest absolute Gasteiger partial charge is 0.243 e. The molecule has 2 heterocycles. The third-order valence-corrected chi connectivity index (χ3v) is 6.04. The van der Waals surface area contributed by atoms with Crippen LogP contribution in [0.25, 0.3) is 5.47 Å². The van der Waals surface area contributed by atoms with Gasteiger partial charge in [-0.1, -0.05) is 50.5 Å². The molecule has 1 aromatic rings. The number of amides is 2. The number of β-amino-alcohol motifs (C(OH)–C–C–N with tert-alkyl or cyclic N) is 1. The van der Waals surface area contributed by atoms with Gasteiger partial charge in [0, 0.05) is 18.7 Å². The average Bonchev–Trinajstić information content (AvgIpc) is 3.31. The molecule has 3 rings (SSSR count). The number of rotatable bonds is 5. The van der Waals surface area contributed by atoms with E-state index in [2.05, 4.69) is 10.3 Å². The molecule has 0 aromatic heterocycles. The SMILES string of the molecule is CC1=C(c2ccc([C@H](C)NC(=O)[C@@H]3C[C@@H](O)CN3C(=O)[C@H](N)C(C)(C)C)cc2)[B]C=N1. The average molecular weight is 423 g/mol. The number of hydrogen-bond acceptors (Lipinski definition) is 5. The number of hydrogen-bond donors (Lipinski definition) is 3. The van der Waals surface area contributed by atoms with Crippen molar-refractivity contribution in [2.75, 3.05) is 6.54 Å². The summed E-state index contributed by atoms with van der Waals surface area (Å²) in [7, 11) is 1.98. The molecule has 4 N–H and O–H groups in total. The van der Waals surface area contributed by atoms with Crippen LogP contribution in [0.4, 0.5) is 0 Å². The van der Waals surface area contributed by atoms with Crippen molar-refractivity contribution in [1.82, 2.24) is 10.2 Å². The number of nitrogens with two attached hydrogens (primary N) is 1. The van der Waals surface area contributed by atoms with Crippen molar-refractivity contribution >= 4 is 30.7 Å². The van der Waals surface area contributed by atoms with Gasteiger partial charge in [-0.25, -0.2) is 0 Å². The van der Waals surface area contributed by atoms with Crippen LogP contribution in [0, 0.1) is 5.41 Å². The molecule has 2 aliphatic rings. The van der Waals surface area contributed by atoms with Crippen molar-refractivity contribution in [1.29, 1.82) is 0 Å². The third-order valence-electron chi connectivity index (χ3n) is 6.04. The van der Waals surface area contributed by atoms with Crippen molar-refractivity contribution < 1.29 is 14.7 Å². The highest BCUT2D eigenvalue weighted by Gasteiger charge is 2.42. The first-order chi connectivity index (χ1) is 14.5. The standard InChI is InChI=1S/C23H32BN4O3/c1-13(15-6-8-16(9-7-15)19-14(2)26-12-24-19)27-21(30)18-10-17(29)11-28(18)22(31)20(25)23(3,4)5/h6-9,12-13,17-18,20,29H,10-11,25H2,1-5H3,(H,27,30)/t13-,17+,18-,20-/m0/s1. The summed E-state index contributed by atoms with van der Waals surface area (Å²) >= 11 is 0. The van der Waals surface area contributed by atoms with Crippen LogP contribution < -0.4 is 11.1 Å². The molecule has 8 heteroatoms. The van der Waals surface area contributed by atoms with E-state index in [0.29, 0.717) is 0 Å². The van der Waals surface area contributed by atoms with Gasteiger partial charge in [0.1, 0.15) is 6.04 Å². The maximum Gasteiger partial charge on any atom is 0.243 e. The Hall–Kier alpha value is -2.45. The van der Waals surface area contributed by atoms with Gasteiger partial charge in [-0.2, -0.15) is 0 Å². The van der Waals surface area contributed by atoms with Gasteiger partial charge in [0.2, 0.25) is 19.1 Å². The van der Waals surface area contributed by atoms with Gasteiger partial charge in [0.05, 0.1) is 18.2 Å². The molecule has 1 saturated heterocycles. The van der Waals surface area contributed by atoms with Crippen molar-refractivity contribution in [2.45, 2.75) is 65.3 Å². The van der Waals surface area contributed by atoms with E-state index in [1.165, 1.54) is 4.90 Å². The fraction of sp³-hybridized carbons (Fsp3) is 0.522. The lowest BCUT2D eigenvalue weighted by Gasteiger charge is -2.32. The summed E-state index contributed by atoms with van der Waals surface area (Å²) < 4.78 is 0. The van der Waals surface area contributed by atoms with Gasteiger partial charge in [-0.15, -0.1) is 0 Å². The minimum Gasteiger partial charge on any atom is -0.391 e. The van der Waals surface area contributed by atoms with E-state index in [4.69, 9.17) is 5.73 Å². The Labute approximate surface area is 185 Å². The predicted octanol–water partition coefficient (Wildman–Crippen LogP) is 1.63. The zero-order valence-electron chi connectivity index (χ0n) is 18.9. The molecule has 0 spiro atoms. The Balaban J connectivity index is 1.68. The van der Waals surface area contributed by atoms with Crippen molar-refractivity contribution in [3.63, 3.8) is 0 Å². The van der Waals surface area contributed by atoms with Gasteiger partial charge in [-0.05, 0) is 36.5 Å². The molecule has 4 atom stereocenters. The minimum atomic E-state index is -0.743. The lowest BCUT2D eigenvalue weighted by Crippen LogP contribution is -2.55. The highest BCUT2D eigenvalue weighted by molar-refractivity contribution is 6.85. The largest absolute Gasteiger partial charge is 0.391 e. The van der Waals surface area contributed by atoms with Crippen LogP contribution in [0.2, 0.25) is 0 Å². The van der Waals surface area contributed by atoms with E-state index >= 15 is 0 Å². The zero-order chi connectivity index (χ0) is 22.9. The van der Waals surface area contributed by atoms with Crippen LogP contribution in [0.5, 0.6) is 0 Å². The summed E-state index contributed by atoms with van der Waals surface area (Å²) in [5, 5.41) is 13.1. The lowest BCUT2D eigenvalue weighted by molar-refractivity contribution is -0.141. The molecule has 31 heavy (non-hydrogen) atoms. The zero-order valence-corrected chi connectivity index (χ0v) is 18.9. The number of aliphatic hydroxyl groups is 1. The van der Waals surface area contributed by atoms with E-state index in [1.807, 2.05) is 66.2 Å². The molecule has 0 saturated carbocycles. The summed E-state index contributed by atoms with van der Waals surface area (Å²) in [5.41, 5.74) is 9.79. The Morgan fingerprint density at radius 3 is 2.48 bits per heavy atom. The maximum absolute atomic E-state index is 13.0. The molecule has 2 aliphatic heterocycles. The van der Waals surface area contributed by atoms with Crippen molar-refractivity contribution in [3.8, 4) is 0 Å². The lowest BCUT2D eigenvalue weighted by atomic mass is 9.69. The summed E-state index contributed by atoms with van der Waals surface area (Å²) in [4.78, 5) is 31.6. The molecule has 1 fully saturated rings. The summed E-state index contributed by atoms with van der Waals surface area (Å²) in [5.74, 6) is -0.585. The van der Waals surface area contributed by atoms with E-state index in [9.17, 15) is 14.7 Å². The molecule has 0 bridgehead atoms. The van der Waals surface area contributed by atoms with Gasteiger partial charge in [0.25, 0.3) is 0 Å². The number of nitrogens with one attached hydrogen (secondary N) is 1. The molecule has 0 unspecified atom stereocenters. The monoisotopic (exact) mass is 423 g/mol. The molecule has 2 amide bonds. The summed E-state index contributed by atoms with van der Waals surface area (Å²) in [6.07, 6.45) is 1.27. The van der Waals surface area contributed by atoms with E-state index in [-0.39, 0.29) is 30.8 Å². The van der Waals surface area contributed by atoms with Crippen molar-refractivity contribution in [2.24, 2.45) is 16.1 Å². The molecule has 1 radical (unpaired) electrons. The van der Waals surface area contributed by atoms with Gasteiger partial charge >= 0.3 is 0 Å². The Bertz CT molecular complexity index is 904. The van der Waals surface area contributed by atoms with Gasteiger partial charge in [0.15, 0.2) is 0 Å². The first kappa shape index (κ1) is 23.2. The predicted molar refractivity (Wildman–Crippen MR) is 123 cm³/mol. The number of carbonyl (C=O) groups is 2. The number of aliphatic imine (C=N–C) groups is 1. The fourth-order valence-corrected chi connectivity index (χ4v) is 3.92. The first-order valence-corrected chi connectivity index (χ1v) is 10.7. The third kappa shape index (κ3) is 5.07. The molecule has 165 valence electrons. The van der Waals surface area contributed by atoms with E-state index in [1.54, 1.807) is 6.11 Å². The van der Waals surface area contributed by atoms with Crippen LogP contribution in [-0.4, -0.2) is 59.9 Å². The van der Waals surface area contributed by atoms with Crippen LogP contribution in [0.3, 0.4) is 0 Å². The van der Waals surface area contributed by atoms with E-state index in [0.717, 1.165) is 22.3 Å². The van der Waals surface area contributed by atoms with Crippen LogP contribution in [0.15, 0.2) is 35.0 Å². The number of likely N-dealkylation sites (tertiary alicyclic amines) is 1. The van der Waals surface area contributed by atoms with Crippen LogP contribution in [0.1, 0.15) is 58.2 Å². The normalized spacial score (nSPS) is 23.0. The van der Waals surface area contributed by atoms with Crippen LogP contribution in [-0.2, 0) is 9.59 Å². The molecule has 1 aromatic carbocycles. The second-order valence-corrected chi connectivity index (χ2v) is 9.54. The first-order valence-electron chi connectivity index (χ1n) is 10.7. The molecular formula is C23H32BN4O3. The molecule has 7 nitrogen and oxygen atoms in total. The van der Waals surface area contributed by atoms with Gasteiger partial charge in [-0.3, -0.25) is 14.6 Å². The quantitative estimate of drug-likeness (QED) is 0.626. The number of aliphatic hydroxyl groups excluding tert-OH is 1. The molecule has 0 aliphatic carbocycles. The highest BCUT2D eigenvalue weighted by atomic mass is 16.3. The highest BCUT2D eigenvalue weighted by Crippen LogP contribution is 2.26. The topological polar surface area (TPSA) is 108 Å². The number of allylic oxidation sites excluding steroid dienone is 1. The second kappa shape index (κ2) is 8.97. The second-order valence-electron chi connectivity index (χ2n) is 9.54. The minimum absolute atomic E-state index is 0.122. The maximum atomic E-state index is 13.0. The summed E-state index contributed by atoms with van der Waals surface area (Å²) in [6, 6.07) is 6.27. The van der Waals surface area contributed by atoms with Crippen LogP contribution >= 0.6 is 0 Å². The molecular weight excluding hydrogens is 391 g/mol. The van der Waals surface area contributed by atoms with E-state index < -0.39 is 23.6 Å². The Morgan fingerprint density at radius 2 is 1.94 bits per heavy atom. The van der Waals surface area contributed by atoms with Crippen molar-refractivity contribution in [3.05, 3.63) is 41.1 Å². The fourth-order valence-electron chi connectivity index (χ4n) is 3.92. The number of carbonyl (C=O) groups excluding carboxylic acids is 2. The summed E-state index contributed by atoms with van der Waals surface area (Å²) in [6.45, 7) is 9.65. The Kier molecular flexibility index (Phi) is 6.72. The number of nitrogens with zero attached hydrogens (tertiary/aromatic N) is 2. The van der Waals surface area contributed by atoms with Gasteiger partial charge < -0.3 is 21.1 Å².